The quantitative estimate of drug-likeness (QED) is 0.675. The summed E-state index contributed by atoms with van der Waals surface area (Å²) in [4.78, 5) is 2.38. The van der Waals surface area contributed by atoms with Gasteiger partial charge >= 0.3 is 0 Å². The number of rotatable bonds is 1. The zero-order valence-electron chi connectivity index (χ0n) is 11.3. The number of hydrogen-bond acceptors (Lipinski definition) is 3. The van der Waals surface area contributed by atoms with Gasteiger partial charge in [-0.15, -0.1) is 0 Å². The standard InChI is InChI=1S/C17H17NO2/c1-2-4-16-13(3-1)11-14-12-15(5-6-17(14)20-16)18-7-9-19-10-8-18/h1-6,12H,7-11H2. The average molecular weight is 267 g/mol. The highest BCUT2D eigenvalue weighted by molar-refractivity contribution is 5.58. The van der Waals surface area contributed by atoms with Gasteiger partial charge in [0.1, 0.15) is 11.5 Å². The first-order valence-electron chi connectivity index (χ1n) is 7.11. The van der Waals surface area contributed by atoms with Crippen LogP contribution < -0.4 is 9.64 Å². The van der Waals surface area contributed by atoms with Crippen molar-refractivity contribution in [3.05, 3.63) is 53.6 Å². The highest BCUT2D eigenvalue weighted by Gasteiger charge is 2.18. The first-order valence-corrected chi connectivity index (χ1v) is 7.11. The second kappa shape index (κ2) is 4.84. The summed E-state index contributed by atoms with van der Waals surface area (Å²) < 4.78 is 11.4. The molecule has 1 fully saturated rings. The fourth-order valence-electron chi connectivity index (χ4n) is 2.89. The second-order valence-electron chi connectivity index (χ2n) is 5.28. The molecule has 0 aliphatic carbocycles. The number of hydrogen-bond donors (Lipinski definition) is 0. The fraction of sp³-hybridized carbons (Fsp3) is 0.294. The van der Waals surface area contributed by atoms with E-state index in [1.807, 2.05) is 12.1 Å². The third-order valence-corrected chi connectivity index (χ3v) is 3.99. The molecule has 0 amide bonds. The second-order valence-corrected chi connectivity index (χ2v) is 5.28. The molecule has 2 aliphatic rings. The lowest BCUT2D eigenvalue weighted by Crippen LogP contribution is -2.36. The van der Waals surface area contributed by atoms with Gasteiger partial charge in [0.2, 0.25) is 0 Å². The number of benzene rings is 2. The predicted molar refractivity (Wildman–Crippen MR) is 78.8 cm³/mol. The van der Waals surface area contributed by atoms with Crippen LogP contribution in [0.4, 0.5) is 5.69 Å². The maximum Gasteiger partial charge on any atom is 0.131 e. The summed E-state index contributed by atoms with van der Waals surface area (Å²) in [6.07, 6.45) is 0.948. The Morgan fingerprint density at radius 3 is 2.55 bits per heavy atom. The largest absolute Gasteiger partial charge is 0.457 e. The molecule has 4 rings (SSSR count). The number of ether oxygens (including phenoxy) is 2. The monoisotopic (exact) mass is 267 g/mol. The minimum absolute atomic E-state index is 0.816. The van der Waals surface area contributed by atoms with Gasteiger partial charge in [-0.05, 0) is 29.8 Å². The zero-order chi connectivity index (χ0) is 13.4. The Labute approximate surface area is 118 Å². The number of para-hydroxylation sites is 1. The molecule has 0 N–H and O–H groups in total. The molecule has 2 aliphatic heterocycles. The Morgan fingerprint density at radius 1 is 0.850 bits per heavy atom. The van der Waals surface area contributed by atoms with Gasteiger partial charge < -0.3 is 14.4 Å². The van der Waals surface area contributed by atoms with Gasteiger partial charge in [-0.3, -0.25) is 0 Å². The van der Waals surface area contributed by atoms with Crippen LogP contribution in [0.15, 0.2) is 42.5 Å². The van der Waals surface area contributed by atoms with Gasteiger partial charge in [-0.1, -0.05) is 18.2 Å². The summed E-state index contributed by atoms with van der Waals surface area (Å²) in [5.74, 6) is 1.97. The average Bonchev–Trinajstić information content (AvgIpc) is 2.53. The van der Waals surface area contributed by atoms with Crippen molar-refractivity contribution < 1.29 is 9.47 Å². The van der Waals surface area contributed by atoms with Crippen molar-refractivity contribution in [2.45, 2.75) is 6.42 Å². The maximum absolute atomic E-state index is 5.98. The molecule has 0 atom stereocenters. The molecule has 0 saturated carbocycles. The van der Waals surface area contributed by atoms with Crippen molar-refractivity contribution in [3.8, 4) is 11.5 Å². The lowest BCUT2D eigenvalue weighted by atomic mass is 9.99. The van der Waals surface area contributed by atoms with E-state index in [1.165, 1.54) is 16.8 Å². The lowest BCUT2D eigenvalue weighted by molar-refractivity contribution is 0.122. The van der Waals surface area contributed by atoms with Crippen molar-refractivity contribution in [2.24, 2.45) is 0 Å². The van der Waals surface area contributed by atoms with Crippen LogP contribution in [-0.2, 0) is 11.2 Å². The van der Waals surface area contributed by atoms with Crippen LogP contribution in [0.1, 0.15) is 11.1 Å². The van der Waals surface area contributed by atoms with E-state index in [2.05, 4.69) is 35.2 Å². The van der Waals surface area contributed by atoms with Crippen molar-refractivity contribution >= 4 is 5.69 Å². The minimum atomic E-state index is 0.816. The summed E-state index contributed by atoms with van der Waals surface area (Å²) in [7, 11) is 0. The summed E-state index contributed by atoms with van der Waals surface area (Å²) in [6.45, 7) is 3.57. The number of anilines is 1. The van der Waals surface area contributed by atoms with E-state index in [9.17, 15) is 0 Å². The molecule has 3 heteroatoms. The van der Waals surface area contributed by atoms with Crippen molar-refractivity contribution in [2.75, 3.05) is 31.2 Å². The van der Waals surface area contributed by atoms with Gasteiger partial charge in [-0.25, -0.2) is 0 Å². The Bertz CT molecular complexity index is 633. The summed E-state index contributed by atoms with van der Waals surface area (Å²) in [5, 5.41) is 0. The van der Waals surface area contributed by atoms with Crippen LogP contribution in [0.25, 0.3) is 0 Å². The highest BCUT2D eigenvalue weighted by Crippen LogP contribution is 2.38. The molecule has 0 aromatic heterocycles. The molecule has 20 heavy (non-hydrogen) atoms. The van der Waals surface area contributed by atoms with Crippen LogP contribution in [0.3, 0.4) is 0 Å². The molecule has 2 aromatic rings. The Kier molecular flexibility index (Phi) is 2.85. The molecule has 2 heterocycles. The molecule has 3 nitrogen and oxygen atoms in total. The topological polar surface area (TPSA) is 21.7 Å². The third-order valence-electron chi connectivity index (χ3n) is 3.99. The molecule has 2 aromatic carbocycles. The first-order chi connectivity index (χ1) is 9.90. The third kappa shape index (κ3) is 2.04. The summed E-state index contributed by atoms with van der Waals surface area (Å²) in [6, 6.07) is 14.8. The van der Waals surface area contributed by atoms with E-state index in [1.54, 1.807) is 0 Å². The molecule has 0 spiro atoms. The minimum Gasteiger partial charge on any atom is -0.457 e. The Morgan fingerprint density at radius 2 is 1.65 bits per heavy atom. The SMILES string of the molecule is c1ccc2c(c1)Cc1cc(N3CCOCC3)ccc1O2. The maximum atomic E-state index is 5.98. The summed E-state index contributed by atoms with van der Waals surface area (Å²) >= 11 is 0. The number of fused-ring (bicyclic) bond motifs is 2. The van der Waals surface area contributed by atoms with E-state index < -0.39 is 0 Å². The highest BCUT2D eigenvalue weighted by atomic mass is 16.5. The molecular weight excluding hydrogens is 250 g/mol. The number of nitrogens with zero attached hydrogens (tertiary/aromatic N) is 1. The molecule has 1 saturated heterocycles. The van der Waals surface area contributed by atoms with Crippen LogP contribution in [-0.4, -0.2) is 26.3 Å². The van der Waals surface area contributed by atoms with Crippen molar-refractivity contribution in [1.29, 1.82) is 0 Å². The molecule has 0 radical (unpaired) electrons. The van der Waals surface area contributed by atoms with E-state index in [-0.39, 0.29) is 0 Å². The molecule has 0 bridgehead atoms. The predicted octanol–water partition coefficient (Wildman–Crippen LogP) is 3.22. The molecular formula is C17H17NO2. The van der Waals surface area contributed by atoms with Gasteiger partial charge in [0, 0.05) is 30.8 Å². The van der Waals surface area contributed by atoms with Gasteiger partial charge in [0.05, 0.1) is 13.2 Å². The van der Waals surface area contributed by atoms with E-state index in [0.29, 0.717) is 0 Å². The van der Waals surface area contributed by atoms with Crippen LogP contribution in [0.2, 0.25) is 0 Å². The van der Waals surface area contributed by atoms with Gasteiger partial charge in [0.15, 0.2) is 0 Å². The lowest BCUT2D eigenvalue weighted by Gasteiger charge is -2.30. The van der Waals surface area contributed by atoms with Crippen LogP contribution in [0, 0.1) is 0 Å². The molecule has 0 unspecified atom stereocenters. The smallest absolute Gasteiger partial charge is 0.131 e. The van der Waals surface area contributed by atoms with Crippen LogP contribution >= 0.6 is 0 Å². The van der Waals surface area contributed by atoms with E-state index >= 15 is 0 Å². The van der Waals surface area contributed by atoms with Crippen molar-refractivity contribution in [3.63, 3.8) is 0 Å². The molecule has 102 valence electrons. The van der Waals surface area contributed by atoms with E-state index in [4.69, 9.17) is 9.47 Å². The van der Waals surface area contributed by atoms with Crippen molar-refractivity contribution in [1.82, 2.24) is 0 Å². The Hall–Kier alpha value is -2.00. The van der Waals surface area contributed by atoms with Gasteiger partial charge in [0.25, 0.3) is 0 Å². The summed E-state index contributed by atoms with van der Waals surface area (Å²) in [5.41, 5.74) is 3.81. The van der Waals surface area contributed by atoms with E-state index in [0.717, 1.165) is 44.2 Å². The van der Waals surface area contributed by atoms with Crippen LogP contribution in [0.5, 0.6) is 11.5 Å². The number of morpholine rings is 1. The first kappa shape index (κ1) is 11.8. The Balaban J connectivity index is 1.65. The van der Waals surface area contributed by atoms with Gasteiger partial charge in [-0.2, -0.15) is 0 Å². The normalized spacial score (nSPS) is 17.1. The fourth-order valence-corrected chi connectivity index (χ4v) is 2.89. The zero-order valence-corrected chi connectivity index (χ0v) is 11.3.